The van der Waals surface area contributed by atoms with Gasteiger partial charge < -0.3 is 5.11 Å². The molecular formula is C17H16O. The van der Waals surface area contributed by atoms with Crippen LogP contribution in [-0.4, -0.2) is 5.11 Å². The van der Waals surface area contributed by atoms with E-state index in [4.69, 9.17) is 0 Å². The Hall–Kier alpha value is -2.04. The third kappa shape index (κ3) is 3.00. The van der Waals surface area contributed by atoms with E-state index in [0.29, 0.717) is 0 Å². The number of hydrogen-bond acceptors (Lipinski definition) is 1. The largest absolute Gasteiger partial charge is 0.374 e. The van der Waals surface area contributed by atoms with Crippen LogP contribution >= 0.6 is 0 Å². The Labute approximate surface area is 108 Å². The molecule has 0 unspecified atom stereocenters. The lowest BCUT2D eigenvalue weighted by molar-refractivity contribution is 0.122. The van der Waals surface area contributed by atoms with Crippen molar-refractivity contribution in [3.05, 3.63) is 71.3 Å². The molecule has 0 radical (unpaired) electrons. The highest BCUT2D eigenvalue weighted by Gasteiger charge is 2.18. The van der Waals surface area contributed by atoms with E-state index >= 15 is 0 Å². The van der Waals surface area contributed by atoms with E-state index < -0.39 is 5.60 Å². The van der Waals surface area contributed by atoms with Gasteiger partial charge in [0.05, 0.1) is 0 Å². The van der Waals surface area contributed by atoms with Crippen LogP contribution in [0.1, 0.15) is 23.6 Å². The Morgan fingerprint density at radius 1 is 1.00 bits per heavy atom. The minimum absolute atomic E-state index is 0.810. The zero-order valence-electron chi connectivity index (χ0n) is 10.6. The van der Waals surface area contributed by atoms with E-state index in [1.54, 1.807) is 6.92 Å². The molecule has 2 rings (SSSR count). The molecule has 1 heteroatoms. The second kappa shape index (κ2) is 5.08. The molecule has 1 nitrogen and oxygen atoms in total. The summed E-state index contributed by atoms with van der Waals surface area (Å²) in [6.45, 7) is 3.74. The van der Waals surface area contributed by atoms with Crippen molar-refractivity contribution < 1.29 is 5.11 Å². The molecule has 0 heterocycles. The first-order chi connectivity index (χ1) is 8.58. The Bertz CT molecular complexity index is 586. The molecule has 0 fully saturated rings. The number of benzene rings is 2. The van der Waals surface area contributed by atoms with Gasteiger partial charge in [-0.1, -0.05) is 54.3 Å². The zero-order valence-corrected chi connectivity index (χ0v) is 10.6. The van der Waals surface area contributed by atoms with Gasteiger partial charge >= 0.3 is 0 Å². The molecule has 2 aromatic rings. The van der Waals surface area contributed by atoms with Crippen LogP contribution in [0.2, 0.25) is 0 Å². The summed E-state index contributed by atoms with van der Waals surface area (Å²) in [5.41, 5.74) is 1.78. The highest BCUT2D eigenvalue weighted by atomic mass is 16.3. The van der Waals surface area contributed by atoms with Crippen LogP contribution in [0, 0.1) is 18.8 Å². The number of hydrogen-bond donors (Lipinski definition) is 1. The minimum atomic E-state index is -1.12. The smallest absolute Gasteiger partial charge is 0.148 e. The summed E-state index contributed by atoms with van der Waals surface area (Å²) in [6.07, 6.45) is 0. The molecule has 0 aliphatic rings. The molecular weight excluding hydrogens is 220 g/mol. The number of rotatable bonds is 1. The van der Waals surface area contributed by atoms with Gasteiger partial charge in [0.15, 0.2) is 0 Å². The second-order valence-electron chi connectivity index (χ2n) is 4.56. The first-order valence-electron chi connectivity index (χ1n) is 5.96. The molecule has 0 amide bonds. The summed E-state index contributed by atoms with van der Waals surface area (Å²) >= 11 is 0. The van der Waals surface area contributed by atoms with Crippen molar-refractivity contribution in [2.24, 2.45) is 0 Å². The Morgan fingerprint density at radius 2 is 1.72 bits per heavy atom. The maximum Gasteiger partial charge on any atom is 0.148 e. The van der Waals surface area contributed by atoms with Crippen LogP contribution in [0.3, 0.4) is 0 Å². The van der Waals surface area contributed by atoms with Crippen LogP contribution in [-0.2, 0) is 5.60 Å². The molecule has 0 saturated carbocycles. The van der Waals surface area contributed by atoms with E-state index in [0.717, 1.165) is 11.1 Å². The fourth-order valence-corrected chi connectivity index (χ4v) is 1.75. The van der Waals surface area contributed by atoms with Crippen molar-refractivity contribution in [1.29, 1.82) is 0 Å². The summed E-state index contributed by atoms with van der Waals surface area (Å²) in [5, 5.41) is 10.3. The van der Waals surface area contributed by atoms with Gasteiger partial charge in [0.25, 0.3) is 0 Å². The maximum atomic E-state index is 10.3. The summed E-state index contributed by atoms with van der Waals surface area (Å²) in [4.78, 5) is 0. The lowest BCUT2D eigenvalue weighted by Crippen LogP contribution is -2.18. The summed E-state index contributed by atoms with van der Waals surface area (Å²) < 4.78 is 0. The monoisotopic (exact) mass is 236 g/mol. The third-order valence-electron chi connectivity index (χ3n) is 2.80. The third-order valence-corrected chi connectivity index (χ3v) is 2.80. The standard InChI is InChI=1S/C17H16O/c1-14-7-6-8-15(13-14)11-12-17(2,18)16-9-4-3-5-10-16/h3-10,13,18H,1-2H3/t17-/m1/s1. The average Bonchev–Trinajstić information content (AvgIpc) is 2.38. The van der Waals surface area contributed by atoms with Gasteiger partial charge in [-0.25, -0.2) is 0 Å². The van der Waals surface area contributed by atoms with Crippen molar-refractivity contribution >= 4 is 0 Å². The van der Waals surface area contributed by atoms with Gasteiger partial charge in [-0.15, -0.1) is 0 Å². The minimum Gasteiger partial charge on any atom is -0.374 e. The molecule has 0 bridgehead atoms. The summed E-state index contributed by atoms with van der Waals surface area (Å²) in [6, 6.07) is 17.4. The Kier molecular flexibility index (Phi) is 3.50. The van der Waals surface area contributed by atoms with Crippen molar-refractivity contribution in [3.8, 4) is 11.8 Å². The van der Waals surface area contributed by atoms with Gasteiger partial charge in [-0.2, -0.15) is 0 Å². The lowest BCUT2D eigenvalue weighted by Gasteiger charge is -2.16. The van der Waals surface area contributed by atoms with Crippen LogP contribution in [0.5, 0.6) is 0 Å². The van der Waals surface area contributed by atoms with Crippen molar-refractivity contribution in [1.82, 2.24) is 0 Å². The summed E-state index contributed by atoms with van der Waals surface area (Å²) in [7, 11) is 0. The predicted octanol–water partition coefficient (Wildman–Crippen LogP) is 3.25. The van der Waals surface area contributed by atoms with Gasteiger partial charge in [0.1, 0.15) is 5.60 Å². The molecule has 0 aliphatic heterocycles. The lowest BCUT2D eigenvalue weighted by atomic mass is 9.96. The van der Waals surface area contributed by atoms with Crippen LogP contribution in [0.4, 0.5) is 0 Å². The van der Waals surface area contributed by atoms with Gasteiger partial charge in [0.2, 0.25) is 0 Å². The molecule has 90 valence electrons. The summed E-state index contributed by atoms with van der Waals surface area (Å²) in [5.74, 6) is 5.95. The first kappa shape index (κ1) is 12.4. The highest BCUT2D eigenvalue weighted by Crippen LogP contribution is 2.19. The molecule has 0 saturated heterocycles. The normalized spacial score (nSPS) is 13.3. The molecule has 2 aromatic carbocycles. The van der Waals surface area contributed by atoms with Crippen LogP contribution in [0.15, 0.2) is 54.6 Å². The van der Waals surface area contributed by atoms with E-state index in [9.17, 15) is 5.11 Å². The molecule has 0 spiro atoms. The fourth-order valence-electron chi connectivity index (χ4n) is 1.75. The van der Waals surface area contributed by atoms with E-state index in [1.807, 2.05) is 61.5 Å². The van der Waals surface area contributed by atoms with Gasteiger partial charge in [0, 0.05) is 5.56 Å². The number of aryl methyl sites for hydroxylation is 1. The van der Waals surface area contributed by atoms with E-state index in [1.165, 1.54) is 5.56 Å². The van der Waals surface area contributed by atoms with E-state index in [2.05, 4.69) is 11.8 Å². The second-order valence-corrected chi connectivity index (χ2v) is 4.56. The van der Waals surface area contributed by atoms with Gasteiger partial charge in [-0.05, 0) is 37.1 Å². The molecule has 0 aromatic heterocycles. The molecule has 1 atom stereocenters. The average molecular weight is 236 g/mol. The van der Waals surface area contributed by atoms with Crippen molar-refractivity contribution in [2.75, 3.05) is 0 Å². The quantitative estimate of drug-likeness (QED) is 0.753. The molecule has 0 aliphatic carbocycles. The molecule has 18 heavy (non-hydrogen) atoms. The SMILES string of the molecule is Cc1cccc(C#C[C@@](C)(O)c2ccccc2)c1. The maximum absolute atomic E-state index is 10.3. The van der Waals surface area contributed by atoms with Gasteiger partial charge in [-0.3, -0.25) is 0 Å². The van der Waals surface area contributed by atoms with Crippen molar-refractivity contribution in [3.63, 3.8) is 0 Å². The topological polar surface area (TPSA) is 20.2 Å². The highest BCUT2D eigenvalue weighted by molar-refractivity contribution is 5.40. The van der Waals surface area contributed by atoms with Crippen molar-refractivity contribution in [2.45, 2.75) is 19.4 Å². The first-order valence-corrected chi connectivity index (χ1v) is 5.96. The predicted molar refractivity (Wildman–Crippen MR) is 74.1 cm³/mol. The fraction of sp³-hybridized carbons (Fsp3) is 0.176. The molecule has 1 N–H and O–H groups in total. The number of aliphatic hydroxyl groups is 1. The zero-order chi connectivity index (χ0) is 13.0. The van der Waals surface area contributed by atoms with Crippen LogP contribution in [0.25, 0.3) is 0 Å². The van der Waals surface area contributed by atoms with E-state index in [-0.39, 0.29) is 0 Å². The Morgan fingerprint density at radius 3 is 2.39 bits per heavy atom. The van der Waals surface area contributed by atoms with Crippen LogP contribution < -0.4 is 0 Å². The Balaban J connectivity index is 2.29.